The molecule has 1 N–H and O–H groups in total. The zero-order valence-corrected chi connectivity index (χ0v) is 11.6. The van der Waals surface area contributed by atoms with Crippen LogP contribution in [0.15, 0.2) is 0 Å². The molecule has 0 saturated carbocycles. The van der Waals surface area contributed by atoms with Crippen molar-refractivity contribution < 1.29 is 13.5 Å². The second kappa shape index (κ2) is 4.72. The van der Waals surface area contributed by atoms with Crippen LogP contribution in [-0.2, 0) is 16.4 Å². The van der Waals surface area contributed by atoms with E-state index in [9.17, 15) is 8.42 Å². The van der Waals surface area contributed by atoms with E-state index in [0.717, 1.165) is 0 Å². The van der Waals surface area contributed by atoms with Gasteiger partial charge in [-0.15, -0.1) is 0 Å². The predicted octanol–water partition coefficient (Wildman–Crippen LogP) is 0.912. The minimum atomic E-state index is -2.93. The summed E-state index contributed by atoms with van der Waals surface area (Å²) in [5, 5.41) is 10.0. The van der Waals surface area contributed by atoms with Gasteiger partial charge >= 0.3 is 0 Å². The number of anilines is 1. The Hall–Kier alpha value is -0.370. The van der Waals surface area contributed by atoms with Gasteiger partial charge in [0.05, 0.1) is 23.0 Å². The molecule has 1 fully saturated rings. The molecule has 8 heteroatoms. The van der Waals surface area contributed by atoms with Crippen LogP contribution in [0.4, 0.5) is 5.13 Å². The van der Waals surface area contributed by atoms with Crippen molar-refractivity contribution in [3.63, 3.8) is 0 Å². The summed E-state index contributed by atoms with van der Waals surface area (Å²) in [7, 11) is -2.93. The maximum absolute atomic E-state index is 11.5. The molecule has 0 radical (unpaired) electrons. The van der Waals surface area contributed by atoms with E-state index < -0.39 is 9.84 Å². The molecule has 0 spiro atoms. The van der Waals surface area contributed by atoms with Gasteiger partial charge in [0.15, 0.2) is 15.0 Å². The molecule has 1 aromatic rings. The molecule has 1 aromatic heterocycles. The van der Waals surface area contributed by atoms with Gasteiger partial charge < -0.3 is 10.0 Å². The molecule has 1 atom stereocenters. The smallest absolute Gasteiger partial charge is 0.187 e. The van der Waals surface area contributed by atoms with E-state index in [4.69, 9.17) is 16.7 Å². The number of halogens is 1. The van der Waals surface area contributed by atoms with Crippen molar-refractivity contribution in [2.24, 2.45) is 0 Å². The second-order valence-electron chi connectivity index (χ2n) is 4.03. The molecular weight excluding hydrogens is 284 g/mol. The fraction of sp³-hybridized carbons (Fsp3) is 0.667. The average Bonchev–Trinajstić information content (AvgIpc) is 2.58. The maximum Gasteiger partial charge on any atom is 0.187 e. The number of aliphatic hydroxyl groups is 1. The van der Waals surface area contributed by atoms with Crippen molar-refractivity contribution in [3.8, 4) is 0 Å². The van der Waals surface area contributed by atoms with Crippen LogP contribution in [0.2, 0.25) is 5.15 Å². The number of hydrogen-bond donors (Lipinski definition) is 1. The van der Waals surface area contributed by atoms with Gasteiger partial charge in [-0.25, -0.2) is 13.4 Å². The topological polar surface area (TPSA) is 70.5 Å². The van der Waals surface area contributed by atoms with Gasteiger partial charge in [-0.3, -0.25) is 0 Å². The molecule has 0 aromatic carbocycles. The molecule has 0 amide bonds. The lowest BCUT2D eigenvalue weighted by molar-refractivity contribution is 0.285. The monoisotopic (exact) mass is 296 g/mol. The first kappa shape index (κ1) is 13.1. The molecule has 1 saturated heterocycles. The van der Waals surface area contributed by atoms with E-state index in [1.54, 1.807) is 0 Å². The van der Waals surface area contributed by atoms with Gasteiger partial charge in [-0.05, 0) is 6.92 Å². The SMILES string of the molecule is CC1CS(=O)(=O)CCN1c1nc(Cl)c(CO)s1. The van der Waals surface area contributed by atoms with Crippen molar-refractivity contribution in [3.05, 3.63) is 10.0 Å². The van der Waals surface area contributed by atoms with Crippen LogP contribution in [0.3, 0.4) is 0 Å². The van der Waals surface area contributed by atoms with Crippen LogP contribution in [0.1, 0.15) is 11.8 Å². The fourth-order valence-corrected chi connectivity index (χ4v) is 4.63. The van der Waals surface area contributed by atoms with Crippen molar-refractivity contribution in [1.29, 1.82) is 0 Å². The lowest BCUT2D eigenvalue weighted by atomic mass is 10.3. The molecule has 2 heterocycles. The fourth-order valence-electron chi connectivity index (χ4n) is 1.82. The minimum absolute atomic E-state index is 0.109. The summed E-state index contributed by atoms with van der Waals surface area (Å²) in [6.45, 7) is 2.14. The van der Waals surface area contributed by atoms with Crippen molar-refractivity contribution in [2.75, 3.05) is 23.0 Å². The van der Waals surface area contributed by atoms with Crippen LogP contribution in [0.5, 0.6) is 0 Å². The first-order valence-electron chi connectivity index (χ1n) is 5.16. The zero-order chi connectivity index (χ0) is 12.6. The first-order chi connectivity index (χ1) is 7.93. The number of nitrogens with zero attached hydrogens (tertiary/aromatic N) is 2. The zero-order valence-electron chi connectivity index (χ0n) is 9.26. The number of rotatable bonds is 2. The van der Waals surface area contributed by atoms with E-state index in [1.165, 1.54) is 11.3 Å². The maximum atomic E-state index is 11.5. The van der Waals surface area contributed by atoms with Crippen LogP contribution in [0.25, 0.3) is 0 Å². The predicted molar refractivity (Wildman–Crippen MR) is 68.5 cm³/mol. The first-order valence-corrected chi connectivity index (χ1v) is 8.17. The lowest BCUT2D eigenvalue weighted by Crippen LogP contribution is -2.46. The molecule has 17 heavy (non-hydrogen) atoms. The second-order valence-corrected chi connectivity index (χ2v) is 7.67. The highest BCUT2D eigenvalue weighted by Crippen LogP contribution is 2.31. The van der Waals surface area contributed by atoms with Crippen LogP contribution in [0, 0.1) is 0 Å². The molecule has 1 unspecified atom stereocenters. The molecular formula is C9H13ClN2O3S2. The van der Waals surface area contributed by atoms with E-state index in [-0.39, 0.29) is 24.2 Å². The summed E-state index contributed by atoms with van der Waals surface area (Å²) < 4.78 is 22.9. The van der Waals surface area contributed by atoms with Gasteiger partial charge in [0, 0.05) is 12.6 Å². The van der Waals surface area contributed by atoms with Gasteiger partial charge in [-0.2, -0.15) is 0 Å². The Morgan fingerprint density at radius 2 is 2.35 bits per heavy atom. The van der Waals surface area contributed by atoms with E-state index in [2.05, 4.69) is 4.98 Å². The summed E-state index contributed by atoms with van der Waals surface area (Å²) in [5.41, 5.74) is 0. The van der Waals surface area contributed by atoms with E-state index in [0.29, 0.717) is 21.7 Å². The molecule has 5 nitrogen and oxygen atoms in total. The lowest BCUT2D eigenvalue weighted by Gasteiger charge is -2.32. The third-order valence-electron chi connectivity index (χ3n) is 2.70. The Morgan fingerprint density at radius 1 is 1.65 bits per heavy atom. The minimum Gasteiger partial charge on any atom is -0.391 e. The average molecular weight is 297 g/mol. The molecule has 0 bridgehead atoms. The quantitative estimate of drug-likeness (QED) is 0.878. The van der Waals surface area contributed by atoms with Crippen molar-refractivity contribution in [1.82, 2.24) is 4.98 Å². The summed E-state index contributed by atoms with van der Waals surface area (Å²) in [5.74, 6) is 0.279. The number of hydrogen-bond acceptors (Lipinski definition) is 6. The molecule has 96 valence electrons. The highest BCUT2D eigenvalue weighted by molar-refractivity contribution is 7.91. The summed E-state index contributed by atoms with van der Waals surface area (Å²) in [6, 6.07) is -0.109. The third-order valence-corrected chi connectivity index (χ3v) is 5.99. The largest absolute Gasteiger partial charge is 0.391 e. The Morgan fingerprint density at radius 3 is 2.88 bits per heavy atom. The van der Waals surface area contributed by atoms with Crippen LogP contribution >= 0.6 is 22.9 Å². The van der Waals surface area contributed by atoms with Gasteiger partial charge in [0.25, 0.3) is 0 Å². The number of sulfone groups is 1. The normalized spacial score (nSPS) is 23.9. The highest BCUT2D eigenvalue weighted by atomic mass is 35.5. The molecule has 2 rings (SSSR count). The Balaban J connectivity index is 2.23. The molecule has 0 aliphatic carbocycles. The summed E-state index contributed by atoms with van der Waals surface area (Å²) in [6.07, 6.45) is 0. The summed E-state index contributed by atoms with van der Waals surface area (Å²) in [4.78, 5) is 6.70. The highest BCUT2D eigenvalue weighted by Gasteiger charge is 2.30. The third kappa shape index (κ3) is 2.73. The Labute approximate surface area is 109 Å². The van der Waals surface area contributed by atoms with Crippen molar-refractivity contribution >= 4 is 37.9 Å². The Kier molecular flexibility index (Phi) is 3.63. The molecule has 1 aliphatic rings. The van der Waals surface area contributed by atoms with E-state index in [1.807, 2.05) is 11.8 Å². The van der Waals surface area contributed by atoms with Gasteiger partial charge in [0.1, 0.15) is 5.15 Å². The van der Waals surface area contributed by atoms with Gasteiger partial charge in [0.2, 0.25) is 0 Å². The molecule has 1 aliphatic heterocycles. The van der Waals surface area contributed by atoms with Gasteiger partial charge in [-0.1, -0.05) is 22.9 Å². The Bertz CT molecular complexity index is 514. The van der Waals surface area contributed by atoms with Crippen LogP contribution < -0.4 is 4.90 Å². The summed E-state index contributed by atoms with van der Waals surface area (Å²) >= 11 is 7.17. The number of aliphatic hydroxyl groups excluding tert-OH is 1. The standard InChI is InChI=1S/C9H13ClN2O3S2/c1-6-5-17(14,15)3-2-12(6)9-11-8(10)7(4-13)16-9/h6,13H,2-5H2,1H3. The number of thiazole rings is 1. The van der Waals surface area contributed by atoms with E-state index >= 15 is 0 Å². The number of aromatic nitrogens is 1. The van der Waals surface area contributed by atoms with Crippen molar-refractivity contribution in [2.45, 2.75) is 19.6 Å². The van der Waals surface area contributed by atoms with Crippen LogP contribution in [-0.4, -0.2) is 42.6 Å².